The number of benzene rings is 1. The summed E-state index contributed by atoms with van der Waals surface area (Å²) < 4.78 is 10.3. The minimum atomic E-state index is -0.300. The highest BCUT2D eigenvalue weighted by Crippen LogP contribution is 2.32. The number of aromatic nitrogens is 2. The van der Waals surface area contributed by atoms with Gasteiger partial charge in [-0.05, 0) is 25.1 Å². The molecule has 1 atom stereocenters. The summed E-state index contributed by atoms with van der Waals surface area (Å²) in [6, 6.07) is 5.18. The van der Waals surface area contributed by atoms with Gasteiger partial charge in [-0.2, -0.15) is 4.98 Å². The third-order valence-corrected chi connectivity index (χ3v) is 2.62. The van der Waals surface area contributed by atoms with Gasteiger partial charge in [-0.15, -0.1) is 11.6 Å². The van der Waals surface area contributed by atoms with E-state index < -0.39 is 0 Å². The summed E-state index contributed by atoms with van der Waals surface area (Å²) in [5.41, 5.74) is 0.688. The second-order valence-electron chi connectivity index (χ2n) is 3.42. The summed E-state index contributed by atoms with van der Waals surface area (Å²) in [6.07, 6.45) is 0. The molecule has 0 bridgehead atoms. The van der Waals surface area contributed by atoms with Crippen molar-refractivity contribution in [3.8, 4) is 17.2 Å². The average molecular weight is 273 g/mol. The number of nitrogens with zero attached hydrogens (tertiary/aromatic N) is 2. The lowest BCUT2D eigenvalue weighted by Gasteiger charge is -2.04. The molecular formula is C11H10Cl2N2O2. The van der Waals surface area contributed by atoms with Gasteiger partial charge in [0.15, 0.2) is 5.82 Å². The van der Waals surface area contributed by atoms with Crippen LogP contribution in [0, 0.1) is 0 Å². The van der Waals surface area contributed by atoms with Gasteiger partial charge >= 0.3 is 0 Å². The van der Waals surface area contributed by atoms with E-state index >= 15 is 0 Å². The molecule has 1 heterocycles. The molecule has 2 aromatic rings. The molecule has 0 aliphatic heterocycles. The predicted octanol–water partition coefficient (Wildman–Crippen LogP) is 3.70. The maximum absolute atomic E-state index is 5.87. The SMILES string of the molecule is COc1cc(Cl)ccc1-c1nc(C(C)Cl)no1. The van der Waals surface area contributed by atoms with Crippen LogP contribution in [-0.2, 0) is 0 Å². The summed E-state index contributed by atoms with van der Waals surface area (Å²) in [6.45, 7) is 1.77. The largest absolute Gasteiger partial charge is 0.496 e. The van der Waals surface area contributed by atoms with E-state index in [0.29, 0.717) is 28.1 Å². The van der Waals surface area contributed by atoms with E-state index in [9.17, 15) is 0 Å². The van der Waals surface area contributed by atoms with Gasteiger partial charge in [0.2, 0.25) is 0 Å². The number of hydrogen-bond acceptors (Lipinski definition) is 4. The predicted molar refractivity (Wildman–Crippen MR) is 65.6 cm³/mol. The van der Waals surface area contributed by atoms with Crippen LogP contribution in [0.4, 0.5) is 0 Å². The van der Waals surface area contributed by atoms with E-state index in [0.717, 1.165) is 0 Å². The Morgan fingerprint density at radius 2 is 2.18 bits per heavy atom. The summed E-state index contributed by atoms with van der Waals surface area (Å²) in [7, 11) is 1.55. The zero-order valence-electron chi connectivity index (χ0n) is 9.28. The lowest BCUT2D eigenvalue weighted by atomic mass is 10.2. The van der Waals surface area contributed by atoms with E-state index in [-0.39, 0.29) is 5.38 Å². The first-order valence-electron chi connectivity index (χ1n) is 4.93. The molecule has 0 N–H and O–H groups in total. The van der Waals surface area contributed by atoms with Gasteiger partial charge in [0.05, 0.1) is 18.1 Å². The van der Waals surface area contributed by atoms with Crippen molar-refractivity contribution in [1.29, 1.82) is 0 Å². The van der Waals surface area contributed by atoms with Crippen LogP contribution in [0.15, 0.2) is 22.7 Å². The van der Waals surface area contributed by atoms with Gasteiger partial charge in [0.1, 0.15) is 5.75 Å². The van der Waals surface area contributed by atoms with Gasteiger partial charge in [-0.1, -0.05) is 16.8 Å². The Balaban J connectivity index is 2.44. The van der Waals surface area contributed by atoms with Crippen molar-refractivity contribution in [3.05, 3.63) is 29.0 Å². The van der Waals surface area contributed by atoms with E-state index in [1.54, 1.807) is 32.2 Å². The van der Waals surface area contributed by atoms with E-state index in [1.807, 2.05) is 0 Å². The Morgan fingerprint density at radius 3 is 2.76 bits per heavy atom. The number of ether oxygens (including phenoxy) is 1. The maximum Gasteiger partial charge on any atom is 0.261 e. The molecule has 0 aliphatic rings. The van der Waals surface area contributed by atoms with Crippen molar-refractivity contribution in [3.63, 3.8) is 0 Å². The Bertz CT molecular complexity index is 526. The Labute approximate surface area is 108 Å². The Kier molecular flexibility index (Phi) is 3.54. The number of methoxy groups -OCH3 is 1. The first-order chi connectivity index (χ1) is 8.11. The second-order valence-corrected chi connectivity index (χ2v) is 4.51. The highest BCUT2D eigenvalue weighted by atomic mass is 35.5. The molecule has 0 amide bonds. The first kappa shape index (κ1) is 12.2. The molecule has 0 saturated carbocycles. The average Bonchev–Trinajstić information content (AvgIpc) is 2.78. The number of rotatable bonds is 3. The van der Waals surface area contributed by atoms with Crippen molar-refractivity contribution in [2.24, 2.45) is 0 Å². The van der Waals surface area contributed by atoms with E-state index in [4.69, 9.17) is 32.5 Å². The van der Waals surface area contributed by atoms with Gasteiger partial charge in [-0.3, -0.25) is 0 Å². The molecular weight excluding hydrogens is 263 g/mol. The summed E-state index contributed by atoms with van der Waals surface area (Å²) in [5.74, 6) is 1.38. The molecule has 4 nitrogen and oxygen atoms in total. The van der Waals surface area contributed by atoms with Crippen LogP contribution in [0.5, 0.6) is 5.75 Å². The molecule has 2 rings (SSSR count). The van der Waals surface area contributed by atoms with Crippen LogP contribution in [0.3, 0.4) is 0 Å². The van der Waals surface area contributed by atoms with Crippen LogP contribution < -0.4 is 4.74 Å². The van der Waals surface area contributed by atoms with Gasteiger partial charge in [0, 0.05) is 5.02 Å². The molecule has 0 saturated heterocycles. The quantitative estimate of drug-likeness (QED) is 0.800. The number of halogens is 2. The van der Waals surface area contributed by atoms with Crippen molar-refractivity contribution < 1.29 is 9.26 Å². The minimum Gasteiger partial charge on any atom is -0.496 e. The monoisotopic (exact) mass is 272 g/mol. The van der Waals surface area contributed by atoms with Gasteiger partial charge < -0.3 is 9.26 Å². The third kappa shape index (κ3) is 2.53. The standard InChI is InChI=1S/C11H10Cl2N2O2/c1-6(12)10-14-11(17-15-10)8-4-3-7(13)5-9(8)16-2/h3-6H,1-2H3. The minimum absolute atomic E-state index is 0.300. The second kappa shape index (κ2) is 4.94. The van der Waals surface area contributed by atoms with Crippen molar-refractivity contribution in [2.75, 3.05) is 7.11 Å². The fourth-order valence-corrected chi connectivity index (χ4v) is 1.60. The van der Waals surface area contributed by atoms with Crippen LogP contribution in [0.2, 0.25) is 5.02 Å². The van der Waals surface area contributed by atoms with Crippen LogP contribution in [-0.4, -0.2) is 17.3 Å². The molecule has 6 heteroatoms. The highest BCUT2D eigenvalue weighted by Gasteiger charge is 2.16. The summed E-state index contributed by atoms with van der Waals surface area (Å²) >= 11 is 11.7. The molecule has 0 spiro atoms. The number of alkyl halides is 1. The lowest BCUT2D eigenvalue weighted by molar-refractivity contribution is 0.403. The highest BCUT2D eigenvalue weighted by molar-refractivity contribution is 6.30. The van der Waals surface area contributed by atoms with E-state index in [1.165, 1.54) is 0 Å². The Morgan fingerprint density at radius 1 is 1.41 bits per heavy atom. The van der Waals surface area contributed by atoms with Crippen LogP contribution >= 0.6 is 23.2 Å². The fraction of sp³-hybridized carbons (Fsp3) is 0.273. The summed E-state index contributed by atoms with van der Waals surface area (Å²) in [4.78, 5) is 4.19. The molecule has 1 aromatic heterocycles. The van der Waals surface area contributed by atoms with Gasteiger partial charge in [0.25, 0.3) is 5.89 Å². The molecule has 1 aromatic carbocycles. The van der Waals surface area contributed by atoms with Gasteiger partial charge in [-0.25, -0.2) is 0 Å². The van der Waals surface area contributed by atoms with Crippen LogP contribution in [0.1, 0.15) is 18.1 Å². The van der Waals surface area contributed by atoms with Crippen molar-refractivity contribution >= 4 is 23.2 Å². The molecule has 1 unspecified atom stereocenters. The van der Waals surface area contributed by atoms with Crippen LogP contribution in [0.25, 0.3) is 11.5 Å². The zero-order valence-corrected chi connectivity index (χ0v) is 10.8. The fourth-order valence-electron chi connectivity index (χ4n) is 1.35. The zero-order chi connectivity index (χ0) is 12.4. The molecule has 0 aliphatic carbocycles. The first-order valence-corrected chi connectivity index (χ1v) is 5.75. The molecule has 90 valence electrons. The Hall–Kier alpha value is -1.26. The summed E-state index contributed by atoms with van der Waals surface area (Å²) in [5, 5.41) is 4.06. The topological polar surface area (TPSA) is 48.2 Å². The molecule has 0 fully saturated rings. The molecule has 17 heavy (non-hydrogen) atoms. The third-order valence-electron chi connectivity index (χ3n) is 2.19. The maximum atomic E-state index is 5.87. The number of hydrogen-bond donors (Lipinski definition) is 0. The molecule has 0 radical (unpaired) electrons. The lowest BCUT2D eigenvalue weighted by Crippen LogP contribution is -1.89. The smallest absolute Gasteiger partial charge is 0.261 e. The normalized spacial score (nSPS) is 12.5. The van der Waals surface area contributed by atoms with Crippen molar-refractivity contribution in [1.82, 2.24) is 10.1 Å². The van der Waals surface area contributed by atoms with Crippen molar-refractivity contribution in [2.45, 2.75) is 12.3 Å². The van der Waals surface area contributed by atoms with E-state index in [2.05, 4.69) is 10.1 Å².